The van der Waals surface area contributed by atoms with Crippen LogP contribution in [-0.4, -0.2) is 0 Å². The second kappa shape index (κ2) is 35.2. The van der Waals surface area contributed by atoms with E-state index in [1.54, 1.807) is 0 Å². The zero-order valence-electron chi connectivity index (χ0n) is 27.5. The fourth-order valence-corrected chi connectivity index (χ4v) is 4.85. The molecular weight excluding hydrogens is 444 g/mol. The number of allylic oxidation sites excluding steroid dienone is 4. The first-order valence-corrected chi connectivity index (χ1v) is 16.8. The highest BCUT2D eigenvalue weighted by molar-refractivity contribution is 4.92. The van der Waals surface area contributed by atoms with Crippen LogP contribution in [0.4, 0.5) is 0 Å². The predicted octanol–water partition coefficient (Wildman–Crippen LogP) is 14.1. The van der Waals surface area contributed by atoms with E-state index in [0.29, 0.717) is 0 Å². The molecule has 0 aliphatic heterocycles. The number of unbranched alkanes of at least 4 members (excludes halogenated alkanes) is 8. The lowest BCUT2D eigenvalue weighted by atomic mass is 9.92. The third-order valence-electron chi connectivity index (χ3n) is 7.85. The highest BCUT2D eigenvalue weighted by Gasteiger charge is 2.05. The number of hydrogen-bond acceptors (Lipinski definition) is 0. The summed E-state index contributed by atoms with van der Waals surface area (Å²) in [5.74, 6) is 2.71. The molecule has 0 N–H and O–H groups in total. The molecule has 0 aromatic heterocycles. The van der Waals surface area contributed by atoms with Gasteiger partial charge in [-0.1, -0.05) is 155 Å². The molecular formula is C37H74. The van der Waals surface area contributed by atoms with E-state index in [2.05, 4.69) is 80.7 Å². The van der Waals surface area contributed by atoms with Crippen molar-refractivity contribution in [3.05, 3.63) is 37.0 Å². The van der Waals surface area contributed by atoms with Crippen LogP contribution in [0.25, 0.3) is 0 Å². The van der Waals surface area contributed by atoms with Crippen LogP contribution in [0.5, 0.6) is 0 Å². The zero-order valence-corrected chi connectivity index (χ0v) is 27.5. The second-order valence-corrected chi connectivity index (χ2v) is 11.5. The Morgan fingerprint density at radius 2 is 1.11 bits per heavy atom. The lowest BCUT2D eigenvalue weighted by molar-refractivity contribution is 0.412. The average molecular weight is 519 g/mol. The fourth-order valence-electron chi connectivity index (χ4n) is 4.85. The maximum atomic E-state index is 3.87. The standard InChI is InChI=1S/C13H26.2C12H24/c1-5-12(6-2)10-9-11-13(7-3)8-4;1-4-5-6-7-8-9-10-11-12(2)3;1-4-7-8-9-11-12(6-3)10-5-2/h5,12-13H,1,6-11H2,2-4H3;11H,4-10H2,1-3H3;4,12H,1,5-11H2,2-3H3. The number of hydrogen-bond donors (Lipinski definition) is 0. The van der Waals surface area contributed by atoms with Crippen LogP contribution in [0.1, 0.15) is 184 Å². The Morgan fingerprint density at radius 3 is 1.59 bits per heavy atom. The van der Waals surface area contributed by atoms with E-state index in [9.17, 15) is 0 Å². The van der Waals surface area contributed by atoms with Crippen LogP contribution < -0.4 is 0 Å². The van der Waals surface area contributed by atoms with Crippen LogP contribution in [0.3, 0.4) is 0 Å². The molecule has 0 aromatic carbocycles. The number of rotatable bonds is 23. The molecule has 37 heavy (non-hydrogen) atoms. The molecule has 222 valence electrons. The minimum atomic E-state index is 0.759. The molecule has 2 atom stereocenters. The first-order chi connectivity index (χ1) is 17.9. The summed E-state index contributed by atoms with van der Waals surface area (Å²) in [4.78, 5) is 0. The van der Waals surface area contributed by atoms with Crippen LogP contribution >= 0.6 is 0 Å². The van der Waals surface area contributed by atoms with Gasteiger partial charge in [0.1, 0.15) is 0 Å². The molecule has 0 aromatic rings. The first-order valence-electron chi connectivity index (χ1n) is 16.8. The summed E-state index contributed by atoms with van der Waals surface area (Å²) in [5, 5.41) is 0. The van der Waals surface area contributed by atoms with Crippen LogP contribution in [-0.2, 0) is 0 Å². The molecule has 0 amide bonds. The summed E-state index contributed by atoms with van der Waals surface area (Å²) in [7, 11) is 0. The minimum Gasteiger partial charge on any atom is -0.103 e. The summed E-state index contributed by atoms with van der Waals surface area (Å²) in [5.41, 5.74) is 1.46. The maximum absolute atomic E-state index is 3.87. The lowest BCUT2D eigenvalue weighted by Crippen LogP contribution is -1.99. The van der Waals surface area contributed by atoms with Crippen molar-refractivity contribution in [2.75, 3.05) is 0 Å². The fraction of sp³-hybridized carbons (Fsp3) is 0.838. The molecule has 0 aliphatic carbocycles. The largest absolute Gasteiger partial charge is 0.103 e. The van der Waals surface area contributed by atoms with Crippen molar-refractivity contribution in [2.24, 2.45) is 17.8 Å². The van der Waals surface area contributed by atoms with Gasteiger partial charge in [-0.25, -0.2) is 0 Å². The Bertz CT molecular complexity index is 449. The van der Waals surface area contributed by atoms with Gasteiger partial charge in [-0.15, -0.1) is 13.2 Å². The Balaban J connectivity index is -0.000000469. The van der Waals surface area contributed by atoms with Crippen LogP contribution in [0.15, 0.2) is 37.0 Å². The van der Waals surface area contributed by atoms with E-state index >= 15 is 0 Å². The van der Waals surface area contributed by atoms with Crippen molar-refractivity contribution in [3.8, 4) is 0 Å². The predicted molar refractivity (Wildman–Crippen MR) is 177 cm³/mol. The maximum Gasteiger partial charge on any atom is -0.0239 e. The van der Waals surface area contributed by atoms with E-state index in [1.807, 2.05) is 6.08 Å². The summed E-state index contributed by atoms with van der Waals surface area (Å²) in [6, 6.07) is 0. The lowest BCUT2D eigenvalue weighted by Gasteiger charge is -2.14. The molecule has 0 heterocycles. The molecule has 0 spiro atoms. The Hall–Kier alpha value is -0.780. The summed E-state index contributed by atoms with van der Waals surface area (Å²) in [6.45, 7) is 25.7. The van der Waals surface area contributed by atoms with Crippen LogP contribution in [0, 0.1) is 17.8 Å². The Kier molecular flexibility index (Phi) is 38.8. The highest BCUT2D eigenvalue weighted by atomic mass is 14.1. The van der Waals surface area contributed by atoms with Gasteiger partial charge in [0.15, 0.2) is 0 Å². The van der Waals surface area contributed by atoms with E-state index in [-0.39, 0.29) is 0 Å². The third-order valence-corrected chi connectivity index (χ3v) is 7.85. The monoisotopic (exact) mass is 519 g/mol. The van der Waals surface area contributed by atoms with Gasteiger partial charge in [-0.05, 0) is 70.1 Å². The van der Waals surface area contributed by atoms with Crippen molar-refractivity contribution >= 4 is 0 Å². The van der Waals surface area contributed by atoms with Gasteiger partial charge >= 0.3 is 0 Å². The van der Waals surface area contributed by atoms with Crippen molar-refractivity contribution in [2.45, 2.75) is 184 Å². The molecule has 0 nitrogen and oxygen atoms in total. The molecule has 0 heteroatoms. The molecule has 0 saturated heterocycles. The van der Waals surface area contributed by atoms with Gasteiger partial charge in [0.05, 0.1) is 0 Å². The van der Waals surface area contributed by atoms with Crippen molar-refractivity contribution in [3.63, 3.8) is 0 Å². The minimum absolute atomic E-state index is 0.759. The SMILES string of the molecule is C=CC(CC)CCCC(CC)CC.C=CCCCCC(CC)CCC.CCCCCCCCC=C(C)C. The summed E-state index contributed by atoms with van der Waals surface area (Å²) in [6.07, 6.45) is 33.8. The molecule has 0 radical (unpaired) electrons. The van der Waals surface area contributed by atoms with Gasteiger partial charge in [0.25, 0.3) is 0 Å². The first kappa shape index (κ1) is 40.7. The van der Waals surface area contributed by atoms with Gasteiger partial charge in [-0.3, -0.25) is 0 Å². The smallest absolute Gasteiger partial charge is 0.0239 e. The molecule has 0 saturated carbocycles. The van der Waals surface area contributed by atoms with E-state index in [0.717, 1.165) is 17.8 Å². The van der Waals surface area contributed by atoms with Gasteiger partial charge < -0.3 is 0 Å². The van der Waals surface area contributed by atoms with Crippen molar-refractivity contribution < 1.29 is 0 Å². The molecule has 0 fully saturated rings. The topological polar surface area (TPSA) is 0 Å². The van der Waals surface area contributed by atoms with E-state index in [4.69, 9.17) is 0 Å². The average Bonchev–Trinajstić information content (AvgIpc) is 2.91. The van der Waals surface area contributed by atoms with Crippen LogP contribution in [0.2, 0.25) is 0 Å². The Morgan fingerprint density at radius 1 is 0.541 bits per heavy atom. The second-order valence-electron chi connectivity index (χ2n) is 11.5. The molecule has 0 rings (SSSR count). The summed E-state index contributed by atoms with van der Waals surface area (Å²) < 4.78 is 0. The molecule has 0 aliphatic rings. The van der Waals surface area contributed by atoms with E-state index in [1.165, 1.54) is 134 Å². The Labute approximate surface area is 238 Å². The molecule has 0 bridgehead atoms. The highest BCUT2D eigenvalue weighted by Crippen LogP contribution is 2.20. The van der Waals surface area contributed by atoms with Gasteiger partial charge in [0.2, 0.25) is 0 Å². The quantitative estimate of drug-likeness (QED) is 0.0931. The van der Waals surface area contributed by atoms with Crippen molar-refractivity contribution in [1.29, 1.82) is 0 Å². The normalized spacial score (nSPS) is 12.0. The third kappa shape index (κ3) is 35.2. The van der Waals surface area contributed by atoms with E-state index < -0.39 is 0 Å². The van der Waals surface area contributed by atoms with Gasteiger partial charge in [-0.2, -0.15) is 0 Å². The zero-order chi connectivity index (χ0) is 28.6. The summed E-state index contributed by atoms with van der Waals surface area (Å²) >= 11 is 0. The van der Waals surface area contributed by atoms with Crippen molar-refractivity contribution in [1.82, 2.24) is 0 Å². The molecule has 2 unspecified atom stereocenters. The van der Waals surface area contributed by atoms with Gasteiger partial charge in [0, 0.05) is 0 Å².